The lowest BCUT2D eigenvalue weighted by Crippen LogP contribution is -2.48. The number of rotatable bonds is 7. The number of carbonyl (C=O) groups excluding carboxylic acids is 2. The van der Waals surface area contributed by atoms with Gasteiger partial charge in [-0.1, -0.05) is 41.9 Å². The van der Waals surface area contributed by atoms with Crippen LogP contribution in [0.1, 0.15) is 31.2 Å². The molecule has 0 aliphatic heterocycles. The maximum absolute atomic E-state index is 12.0. The van der Waals surface area contributed by atoms with E-state index < -0.39 is 29.1 Å². The van der Waals surface area contributed by atoms with Crippen molar-refractivity contribution in [1.29, 1.82) is 0 Å². The van der Waals surface area contributed by atoms with Crippen molar-refractivity contribution in [1.82, 2.24) is 20.2 Å². The second-order valence-electron chi connectivity index (χ2n) is 10.2. The van der Waals surface area contributed by atoms with Crippen molar-refractivity contribution in [2.24, 2.45) is 5.73 Å². The number of hydrogen-bond donors (Lipinski definition) is 4. The summed E-state index contributed by atoms with van der Waals surface area (Å²) in [7, 11) is 0. The van der Waals surface area contributed by atoms with Gasteiger partial charge in [-0.3, -0.25) is 9.59 Å². The van der Waals surface area contributed by atoms with Crippen molar-refractivity contribution in [3.63, 3.8) is 0 Å². The number of halogens is 4. The summed E-state index contributed by atoms with van der Waals surface area (Å²) in [6, 6.07) is 15.9. The number of oxazole rings is 1. The molecule has 2 aliphatic rings. The maximum atomic E-state index is 12.0. The van der Waals surface area contributed by atoms with Crippen LogP contribution >= 0.6 is 11.6 Å². The van der Waals surface area contributed by atoms with Crippen LogP contribution in [0.4, 0.5) is 13.2 Å². The molecule has 10 nitrogen and oxygen atoms in total. The van der Waals surface area contributed by atoms with Crippen molar-refractivity contribution < 1.29 is 37.1 Å². The molecule has 5 N–H and O–H groups in total. The largest absolute Gasteiger partial charge is 0.480 e. The van der Waals surface area contributed by atoms with Gasteiger partial charge in [0.2, 0.25) is 5.91 Å². The molecule has 2 aromatic carbocycles. The predicted molar refractivity (Wildman–Crippen MR) is 146 cm³/mol. The third kappa shape index (κ3) is 5.83. The highest BCUT2D eigenvalue weighted by molar-refractivity contribution is 6.38. The highest BCUT2D eigenvalue weighted by Gasteiger charge is 2.55. The summed E-state index contributed by atoms with van der Waals surface area (Å²) in [5, 5.41) is 14.3. The fourth-order valence-electron chi connectivity index (χ4n) is 4.31. The van der Waals surface area contributed by atoms with Crippen LogP contribution < -0.4 is 16.4 Å². The number of alkyl halides is 3. The number of hydrogen-bond acceptors (Lipinski definition) is 6. The molecule has 0 spiro atoms. The van der Waals surface area contributed by atoms with Gasteiger partial charge in [-0.2, -0.15) is 13.2 Å². The first-order chi connectivity index (χ1) is 19.8. The van der Waals surface area contributed by atoms with E-state index in [-0.39, 0.29) is 18.7 Å². The molecule has 0 unspecified atom stereocenters. The Hall–Kier alpha value is -4.36. The molecule has 0 bridgehead atoms. The van der Waals surface area contributed by atoms with Crippen LogP contribution in [-0.4, -0.2) is 49.7 Å². The molecular formula is C28H25ClF3N5O5. The zero-order chi connectivity index (χ0) is 30.3. The third-order valence-corrected chi connectivity index (χ3v) is 7.52. The van der Waals surface area contributed by atoms with Gasteiger partial charge in [0.15, 0.2) is 12.2 Å². The molecule has 220 valence electrons. The molecule has 42 heavy (non-hydrogen) atoms. The number of nitrogens with one attached hydrogen (secondary N) is 2. The topological polar surface area (TPSA) is 152 Å². The van der Waals surface area contributed by atoms with Crippen molar-refractivity contribution in [2.45, 2.75) is 49.5 Å². The monoisotopic (exact) mass is 603 g/mol. The number of aromatic nitrogens is 2. The number of carboxylic acid groups (broad SMARTS) is 1. The van der Waals surface area contributed by atoms with Gasteiger partial charge in [0.25, 0.3) is 0 Å². The van der Waals surface area contributed by atoms with Crippen LogP contribution in [-0.2, 0) is 20.9 Å². The fourth-order valence-corrected chi connectivity index (χ4v) is 4.65. The van der Waals surface area contributed by atoms with E-state index in [1.165, 1.54) is 11.7 Å². The van der Waals surface area contributed by atoms with Crippen LogP contribution in [0.3, 0.4) is 0 Å². The summed E-state index contributed by atoms with van der Waals surface area (Å²) in [5.41, 5.74) is 7.26. The molecule has 0 radical (unpaired) electrons. The van der Waals surface area contributed by atoms with Gasteiger partial charge in [0.1, 0.15) is 11.2 Å². The first-order valence-electron chi connectivity index (χ1n) is 12.8. The van der Waals surface area contributed by atoms with Crippen molar-refractivity contribution in [3.8, 4) is 17.1 Å². The lowest BCUT2D eigenvalue weighted by Gasteiger charge is -2.13. The number of nitrogens with zero attached hydrogens (tertiary/aromatic N) is 2. The highest BCUT2D eigenvalue weighted by atomic mass is 35.5. The molecule has 2 aromatic heterocycles. The van der Waals surface area contributed by atoms with Gasteiger partial charge in [0.05, 0.1) is 22.3 Å². The quantitative estimate of drug-likeness (QED) is 0.245. The van der Waals surface area contributed by atoms with Gasteiger partial charge in [0, 0.05) is 17.6 Å². The Bertz CT molecular complexity index is 1640. The third-order valence-electron chi connectivity index (χ3n) is 7.14. The summed E-state index contributed by atoms with van der Waals surface area (Å²) in [5.74, 6) is -3.12. The molecule has 0 saturated heterocycles. The van der Waals surface area contributed by atoms with Crippen molar-refractivity contribution in [2.75, 3.05) is 0 Å². The highest BCUT2D eigenvalue weighted by Crippen LogP contribution is 2.40. The Balaban J connectivity index is 0.000000229. The molecule has 2 saturated carbocycles. The van der Waals surface area contributed by atoms with E-state index in [0.717, 1.165) is 40.7 Å². The van der Waals surface area contributed by atoms with Gasteiger partial charge < -0.3 is 30.5 Å². The molecule has 0 atom stereocenters. The Morgan fingerprint density at radius 2 is 1.74 bits per heavy atom. The Morgan fingerprint density at radius 1 is 1.07 bits per heavy atom. The SMILES string of the molecule is NC1(C(=O)NCc2ccc(-n3c(-c4cnco4)c(Cl)c4ccccc43)cc2)CC1.O=C(NC1(C(=O)O)CC1)C(F)(F)F. The molecule has 6 rings (SSSR count). The zero-order valence-corrected chi connectivity index (χ0v) is 22.6. The molecule has 2 fully saturated rings. The fraction of sp³-hybridized carbons (Fsp3) is 0.286. The maximum Gasteiger partial charge on any atom is 0.471 e. The van der Waals surface area contributed by atoms with Crippen LogP contribution in [0.5, 0.6) is 0 Å². The smallest absolute Gasteiger partial charge is 0.471 e. The number of carboxylic acids is 1. The van der Waals surface area contributed by atoms with Gasteiger partial charge in [-0.25, -0.2) is 9.78 Å². The van der Waals surface area contributed by atoms with Crippen molar-refractivity contribution >= 4 is 40.3 Å². The number of benzene rings is 2. The van der Waals surface area contributed by atoms with E-state index in [9.17, 15) is 27.6 Å². The Kier molecular flexibility index (Phi) is 7.50. The second kappa shape index (κ2) is 10.8. The first kappa shape index (κ1) is 29.1. The molecular weight excluding hydrogens is 579 g/mol. The van der Waals surface area contributed by atoms with E-state index in [0.29, 0.717) is 17.3 Å². The van der Waals surface area contributed by atoms with E-state index in [4.69, 9.17) is 26.9 Å². The second-order valence-corrected chi connectivity index (χ2v) is 10.6. The number of carbonyl (C=O) groups is 3. The number of amides is 2. The number of para-hydroxylation sites is 1. The minimum absolute atomic E-state index is 0.0458. The van der Waals surface area contributed by atoms with Crippen LogP contribution in [0, 0.1) is 0 Å². The summed E-state index contributed by atoms with van der Waals surface area (Å²) in [6.07, 6.45) is -0.378. The van der Waals surface area contributed by atoms with Gasteiger partial charge >= 0.3 is 18.1 Å². The summed E-state index contributed by atoms with van der Waals surface area (Å²) in [4.78, 5) is 36.8. The average molecular weight is 604 g/mol. The molecule has 14 heteroatoms. The molecule has 2 amide bonds. The molecule has 2 heterocycles. The normalized spacial score (nSPS) is 16.2. The van der Waals surface area contributed by atoms with E-state index in [1.54, 1.807) is 6.20 Å². The van der Waals surface area contributed by atoms with Crippen LogP contribution in [0.25, 0.3) is 28.0 Å². The Labute approximate surface area is 241 Å². The minimum Gasteiger partial charge on any atom is -0.480 e. The summed E-state index contributed by atoms with van der Waals surface area (Å²) < 4.78 is 42.6. The summed E-state index contributed by atoms with van der Waals surface area (Å²) >= 11 is 6.70. The number of nitrogens with two attached hydrogens (primary N) is 1. The lowest BCUT2D eigenvalue weighted by atomic mass is 10.2. The van der Waals surface area contributed by atoms with E-state index in [1.807, 2.05) is 48.5 Å². The van der Waals surface area contributed by atoms with E-state index in [2.05, 4.69) is 14.9 Å². The molecule has 2 aliphatic carbocycles. The standard InChI is InChI=1S/C22H19ClN4O2.C6H6F3NO3/c23-19-16-3-1-2-4-17(16)27(20(19)18-12-25-13-29-18)15-7-5-14(6-8-15)11-26-21(28)22(24)9-10-22;7-6(8,9)3(11)10-5(1-2-5)4(12)13/h1-8,12-13H,9-11,24H2,(H,26,28);1-2H2,(H,10,11)(H,12,13). The van der Waals surface area contributed by atoms with Crippen molar-refractivity contribution in [3.05, 3.63) is 71.7 Å². The van der Waals surface area contributed by atoms with Gasteiger partial charge in [-0.05, 0) is 49.4 Å². The molecule has 4 aromatic rings. The average Bonchev–Trinajstić information content (AvgIpc) is 3.82. The zero-order valence-electron chi connectivity index (χ0n) is 21.9. The number of fused-ring (bicyclic) bond motifs is 1. The first-order valence-corrected chi connectivity index (χ1v) is 13.2. The van der Waals surface area contributed by atoms with E-state index >= 15 is 0 Å². The van der Waals surface area contributed by atoms with Crippen LogP contribution in [0.15, 0.2) is 65.5 Å². The number of aliphatic carboxylic acids is 1. The Morgan fingerprint density at radius 3 is 2.29 bits per heavy atom. The minimum atomic E-state index is -5.02. The van der Waals surface area contributed by atoms with Gasteiger partial charge in [-0.15, -0.1) is 0 Å². The van der Waals surface area contributed by atoms with Crippen LogP contribution in [0.2, 0.25) is 5.02 Å². The summed E-state index contributed by atoms with van der Waals surface area (Å²) in [6.45, 7) is 0.445. The predicted octanol–water partition coefficient (Wildman–Crippen LogP) is 4.33. The lowest BCUT2D eigenvalue weighted by molar-refractivity contribution is -0.176.